The van der Waals surface area contributed by atoms with Crippen molar-refractivity contribution < 1.29 is 18.7 Å². The highest BCUT2D eigenvalue weighted by molar-refractivity contribution is 6.18. The summed E-state index contributed by atoms with van der Waals surface area (Å²) in [6.07, 6.45) is 0. The van der Waals surface area contributed by atoms with Gasteiger partial charge >= 0.3 is 6.01 Å². The number of para-hydroxylation sites is 2. The van der Waals surface area contributed by atoms with E-state index in [1.807, 2.05) is 0 Å². The third-order valence-corrected chi connectivity index (χ3v) is 3.06. The molecule has 0 saturated carbocycles. The average molecular weight is 288 g/mol. The summed E-state index contributed by atoms with van der Waals surface area (Å²) in [5.41, 5.74) is -1.21. The Kier molecular flexibility index (Phi) is 2.86. The highest BCUT2D eigenvalue weighted by Crippen LogP contribution is 2.33. The van der Waals surface area contributed by atoms with E-state index in [2.05, 4.69) is 20.8 Å². The maximum Gasteiger partial charge on any atom is 0.322 e. The number of hydrogen-bond donors (Lipinski definition) is 2. The van der Waals surface area contributed by atoms with Crippen LogP contribution in [0.2, 0.25) is 0 Å². The summed E-state index contributed by atoms with van der Waals surface area (Å²) in [7, 11) is 0. The molecule has 0 fully saturated rings. The number of aryl methyl sites for hydroxylation is 1. The minimum Gasteiger partial charge on any atom is -0.466 e. The van der Waals surface area contributed by atoms with Crippen molar-refractivity contribution >= 4 is 23.5 Å². The molecule has 8 heteroatoms. The summed E-state index contributed by atoms with van der Waals surface area (Å²) in [6, 6.07) is 6.76. The highest BCUT2D eigenvalue weighted by atomic mass is 16.5. The molecule has 2 amide bonds. The van der Waals surface area contributed by atoms with Crippen molar-refractivity contribution in [3.8, 4) is 5.75 Å². The van der Waals surface area contributed by atoms with Crippen LogP contribution in [0.5, 0.6) is 5.75 Å². The van der Waals surface area contributed by atoms with E-state index in [0.29, 0.717) is 17.3 Å². The van der Waals surface area contributed by atoms with Gasteiger partial charge in [0.05, 0.1) is 5.69 Å². The van der Waals surface area contributed by atoms with Crippen LogP contribution in [0.1, 0.15) is 12.8 Å². The van der Waals surface area contributed by atoms with Crippen molar-refractivity contribution in [2.75, 3.05) is 10.6 Å². The summed E-state index contributed by atoms with van der Waals surface area (Å²) in [5.74, 6) is -0.556. The van der Waals surface area contributed by atoms with E-state index < -0.39 is 17.4 Å². The van der Waals surface area contributed by atoms with Crippen LogP contribution >= 0.6 is 0 Å². The van der Waals surface area contributed by atoms with Gasteiger partial charge in [0.1, 0.15) is 5.75 Å². The fraction of sp³-hybridized carbons (Fsp3) is 0.231. The first kappa shape index (κ1) is 13.1. The van der Waals surface area contributed by atoms with E-state index in [9.17, 15) is 9.59 Å². The zero-order valence-corrected chi connectivity index (χ0v) is 11.3. The van der Waals surface area contributed by atoms with Gasteiger partial charge in [0.2, 0.25) is 5.89 Å². The summed E-state index contributed by atoms with van der Waals surface area (Å²) in [5, 5.41) is 12.2. The second kappa shape index (κ2) is 4.58. The van der Waals surface area contributed by atoms with Gasteiger partial charge < -0.3 is 14.5 Å². The molecule has 1 atom stereocenters. The smallest absolute Gasteiger partial charge is 0.322 e. The maximum atomic E-state index is 12.3. The number of carbonyl (C=O) groups excluding carboxylic acids is 2. The van der Waals surface area contributed by atoms with E-state index >= 15 is 0 Å². The second-order valence-electron chi connectivity index (χ2n) is 4.67. The molecule has 0 aliphatic carbocycles. The number of carbonyl (C=O) groups is 2. The lowest BCUT2D eigenvalue weighted by atomic mass is 10.0. The Morgan fingerprint density at radius 3 is 2.81 bits per heavy atom. The lowest BCUT2D eigenvalue weighted by Crippen LogP contribution is -2.56. The quantitative estimate of drug-likeness (QED) is 0.802. The first-order valence-electron chi connectivity index (χ1n) is 6.20. The number of hydrogen-bond acceptors (Lipinski definition) is 6. The molecule has 1 aliphatic heterocycles. The van der Waals surface area contributed by atoms with Crippen LogP contribution in [0.25, 0.3) is 0 Å². The third kappa shape index (κ3) is 2.20. The van der Waals surface area contributed by atoms with Gasteiger partial charge in [-0.3, -0.25) is 14.9 Å². The molecule has 1 aliphatic rings. The van der Waals surface area contributed by atoms with E-state index in [1.54, 1.807) is 31.2 Å². The fourth-order valence-electron chi connectivity index (χ4n) is 1.88. The van der Waals surface area contributed by atoms with Crippen LogP contribution in [0.15, 0.2) is 28.7 Å². The largest absolute Gasteiger partial charge is 0.466 e. The van der Waals surface area contributed by atoms with Gasteiger partial charge in [-0.25, -0.2) is 0 Å². The first-order chi connectivity index (χ1) is 9.99. The summed E-state index contributed by atoms with van der Waals surface area (Å²) in [6.45, 7) is 2.96. The number of amides is 2. The zero-order valence-electron chi connectivity index (χ0n) is 11.3. The Morgan fingerprint density at radius 1 is 1.33 bits per heavy atom. The normalized spacial score (nSPS) is 20.2. The van der Waals surface area contributed by atoms with Crippen LogP contribution in [0.4, 0.5) is 11.7 Å². The Bertz CT molecular complexity index is 726. The molecule has 2 N–H and O–H groups in total. The van der Waals surface area contributed by atoms with Crippen molar-refractivity contribution in [3.63, 3.8) is 0 Å². The van der Waals surface area contributed by atoms with E-state index in [-0.39, 0.29) is 6.01 Å². The van der Waals surface area contributed by atoms with Gasteiger partial charge in [0.25, 0.3) is 17.4 Å². The molecule has 2 heterocycles. The molecule has 1 aromatic heterocycles. The highest BCUT2D eigenvalue weighted by Gasteiger charge is 2.47. The number of nitrogens with one attached hydrogen (secondary N) is 2. The standard InChI is InChI=1S/C13H12N4O4/c1-7-16-17-12(20-7)15-11(19)13(2)10(18)14-8-5-3-4-6-9(8)21-13/h3-6H,1-2H3,(H,14,18)(H,15,17,19). The molecule has 0 bridgehead atoms. The molecule has 0 spiro atoms. The van der Waals surface area contributed by atoms with Crippen LogP contribution in [-0.2, 0) is 9.59 Å². The minimum absolute atomic E-state index is 0.0889. The predicted octanol–water partition coefficient (Wildman–Crippen LogP) is 1.11. The van der Waals surface area contributed by atoms with Crippen molar-refractivity contribution in [1.82, 2.24) is 10.2 Å². The van der Waals surface area contributed by atoms with Gasteiger partial charge in [0.15, 0.2) is 0 Å². The summed E-state index contributed by atoms with van der Waals surface area (Å²) in [4.78, 5) is 24.4. The molecule has 3 rings (SSSR count). The molecule has 2 aromatic rings. The predicted molar refractivity (Wildman–Crippen MR) is 71.8 cm³/mol. The van der Waals surface area contributed by atoms with Gasteiger partial charge in [-0.05, 0) is 19.1 Å². The summed E-state index contributed by atoms with van der Waals surface area (Å²) >= 11 is 0. The number of aromatic nitrogens is 2. The van der Waals surface area contributed by atoms with Gasteiger partial charge in [-0.15, -0.1) is 5.10 Å². The molecular formula is C13H12N4O4. The topological polar surface area (TPSA) is 106 Å². The Hall–Kier alpha value is -2.90. The maximum absolute atomic E-state index is 12.3. The first-order valence-corrected chi connectivity index (χ1v) is 6.20. The van der Waals surface area contributed by atoms with E-state index in [0.717, 1.165) is 0 Å². The molecule has 21 heavy (non-hydrogen) atoms. The Balaban J connectivity index is 1.86. The average Bonchev–Trinajstić information content (AvgIpc) is 2.85. The molecule has 0 saturated heterocycles. The van der Waals surface area contributed by atoms with Gasteiger partial charge in [-0.1, -0.05) is 17.2 Å². The number of benzene rings is 1. The number of fused-ring (bicyclic) bond motifs is 1. The molecule has 1 unspecified atom stereocenters. The number of nitrogens with zero attached hydrogens (tertiary/aromatic N) is 2. The van der Waals surface area contributed by atoms with E-state index in [1.165, 1.54) is 6.92 Å². The van der Waals surface area contributed by atoms with E-state index in [4.69, 9.17) is 9.15 Å². The molecular weight excluding hydrogens is 276 g/mol. The number of rotatable bonds is 2. The lowest BCUT2D eigenvalue weighted by Gasteiger charge is -2.32. The lowest BCUT2D eigenvalue weighted by molar-refractivity contribution is -0.143. The van der Waals surface area contributed by atoms with Crippen LogP contribution in [-0.4, -0.2) is 27.6 Å². The molecule has 0 radical (unpaired) electrons. The Labute approximate surface area is 119 Å². The van der Waals surface area contributed by atoms with Gasteiger partial charge in [-0.2, -0.15) is 0 Å². The number of anilines is 2. The second-order valence-corrected chi connectivity index (χ2v) is 4.67. The van der Waals surface area contributed by atoms with Crippen molar-refractivity contribution in [3.05, 3.63) is 30.2 Å². The third-order valence-electron chi connectivity index (χ3n) is 3.06. The van der Waals surface area contributed by atoms with Gasteiger partial charge in [0, 0.05) is 6.92 Å². The fourth-order valence-corrected chi connectivity index (χ4v) is 1.88. The van der Waals surface area contributed by atoms with Crippen LogP contribution in [0, 0.1) is 6.92 Å². The SMILES string of the molecule is Cc1nnc(NC(=O)C2(C)Oc3ccccc3NC2=O)o1. The van der Waals surface area contributed by atoms with Crippen molar-refractivity contribution in [2.24, 2.45) is 0 Å². The van der Waals surface area contributed by atoms with Crippen molar-refractivity contribution in [2.45, 2.75) is 19.4 Å². The number of ether oxygens (including phenoxy) is 1. The zero-order chi connectivity index (χ0) is 15.0. The molecule has 108 valence electrons. The molecule has 8 nitrogen and oxygen atoms in total. The Morgan fingerprint density at radius 2 is 2.10 bits per heavy atom. The van der Waals surface area contributed by atoms with Crippen LogP contribution in [0.3, 0.4) is 0 Å². The monoisotopic (exact) mass is 288 g/mol. The summed E-state index contributed by atoms with van der Waals surface area (Å²) < 4.78 is 10.6. The minimum atomic E-state index is -1.73. The van der Waals surface area contributed by atoms with Crippen molar-refractivity contribution in [1.29, 1.82) is 0 Å². The van der Waals surface area contributed by atoms with Crippen LogP contribution < -0.4 is 15.4 Å². The molecule has 1 aromatic carbocycles.